The third kappa shape index (κ3) is 5.87. The van der Waals surface area contributed by atoms with E-state index < -0.39 is 15.7 Å². The van der Waals surface area contributed by atoms with Gasteiger partial charge in [-0.25, -0.2) is 12.8 Å². The van der Waals surface area contributed by atoms with Gasteiger partial charge in [0.25, 0.3) is 5.91 Å². The number of nitrogens with one attached hydrogen (secondary N) is 1. The lowest BCUT2D eigenvalue weighted by atomic mass is 10.2. The molecule has 0 aliphatic rings. The maximum absolute atomic E-state index is 13.0. The molecule has 0 radical (unpaired) electrons. The molecular formula is C25H20FNO5S. The summed E-state index contributed by atoms with van der Waals surface area (Å²) in [5.74, 6) is 0.183. The summed E-state index contributed by atoms with van der Waals surface area (Å²) in [5, 5.41) is 2.73. The van der Waals surface area contributed by atoms with E-state index in [1.54, 1.807) is 42.5 Å². The van der Waals surface area contributed by atoms with Gasteiger partial charge in [-0.2, -0.15) is 0 Å². The molecule has 6 nitrogen and oxygen atoms in total. The van der Waals surface area contributed by atoms with Crippen LogP contribution in [-0.2, 0) is 22.1 Å². The highest BCUT2D eigenvalue weighted by atomic mass is 32.2. The second-order valence-corrected chi connectivity index (χ2v) is 9.21. The molecule has 4 rings (SSSR count). The molecule has 0 atom stereocenters. The molecular weight excluding hydrogens is 445 g/mol. The maximum atomic E-state index is 13.0. The van der Waals surface area contributed by atoms with E-state index in [1.165, 1.54) is 48.5 Å². The summed E-state index contributed by atoms with van der Waals surface area (Å²) in [6.45, 7) is 0.244. The molecule has 168 valence electrons. The number of carbonyl (C=O) groups excluding carboxylic acids is 1. The molecule has 0 fully saturated rings. The first-order chi connectivity index (χ1) is 15.9. The molecule has 1 aromatic heterocycles. The second-order valence-electron chi connectivity index (χ2n) is 7.22. The highest BCUT2D eigenvalue weighted by Crippen LogP contribution is 2.22. The Bertz CT molecular complexity index is 1330. The number of furan rings is 1. The number of amides is 1. The molecule has 0 saturated carbocycles. The van der Waals surface area contributed by atoms with Crippen LogP contribution >= 0.6 is 0 Å². The summed E-state index contributed by atoms with van der Waals surface area (Å²) in [4.78, 5) is 12.6. The lowest BCUT2D eigenvalue weighted by molar-refractivity contribution is 0.0921. The number of hydrogen-bond acceptors (Lipinski definition) is 5. The Morgan fingerprint density at radius 2 is 1.48 bits per heavy atom. The number of halogens is 1. The van der Waals surface area contributed by atoms with Crippen molar-refractivity contribution in [2.24, 2.45) is 0 Å². The van der Waals surface area contributed by atoms with Crippen LogP contribution in [0.4, 0.5) is 4.39 Å². The first-order valence-electron chi connectivity index (χ1n) is 10.1. The van der Waals surface area contributed by atoms with Crippen molar-refractivity contribution in [1.82, 2.24) is 5.32 Å². The second kappa shape index (κ2) is 9.70. The van der Waals surface area contributed by atoms with Gasteiger partial charge in [-0.15, -0.1) is 0 Å². The summed E-state index contributed by atoms with van der Waals surface area (Å²) in [6.07, 6.45) is 0. The van der Waals surface area contributed by atoms with E-state index in [9.17, 15) is 17.6 Å². The molecule has 0 bridgehead atoms. The van der Waals surface area contributed by atoms with Crippen molar-refractivity contribution >= 4 is 15.7 Å². The summed E-state index contributed by atoms with van der Waals surface area (Å²) < 4.78 is 49.0. The molecule has 1 heterocycles. The van der Waals surface area contributed by atoms with Gasteiger partial charge in [-0.05, 0) is 66.2 Å². The molecule has 1 amide bonds. The number of benzene rings is 3. The Morgan fingerprint density at radius 1 is 0.848 bits per heavy atom. The van der Waals surface area contributed by atoms with Gasteiger partial charge in [-0.3, -0.25) is 4.79 Å². The monoisotopic (exact) mass is 465 g/mol. The quantitative estimate of drug-likeness (QED) is 0.391. The molecule has 3 aromatic carbocycles. The van der Waals surface area contributed by atoms with Crippen molar-refractivity contribution in [1.29, 1.82) is 0 Å². The minimum atomic E-state index is -3.57. The van der Waals surface area contributed by atoms with Crippen LogP contribution in [0.5, 0.6) is 11.5 Å². The van der Waals surface area contributed by atoms with Gasteiger partial charge in [0.1, 0.15) is 28.8 Å². The van der Waals surface area contributed by atoms with E-state index in [1.807, 2.05) is 0 Å². The van der Waals surface area contributed by atoms with E-state index in [2.05, 4.69) is 5.32 Å². The number of sulfone groups is 1. The minimum absolute atomic E-state index is 0.0320. The van der Waals surface area contributed by atoms with Gasteiger partial charge >= 0.3 is 0 Å². The first kappa shape index (κ1) is 22.3. The third-order valence-electron chi connectivity index (χ3n) is 4.75. The van der Waals surface area contributed by atoms with Crippen molar-refractivity contribution in [2.75, 3.05) is 0 Å². The van der Waals surface area contributed by atoms with Gasteiger partial charge < -0.3 is 14.5 Å². The molecule has 0 unspecified atom stereocenters. The van der Waals surface area contributed by atoms with E-state index >= 15 is 0 Å². The molecule has 0 aliphatic heterocycles. The minimum Gasteiger partial charge on any atom is -0.457 e. The van der Waals surface area contributed by atoms with Gasteiger partial charge in [0.15, 0.2) is 15.6 Å². The van der Waals surface area contributed by atoms with Crippen molar-refractivity contribution in [3.05, 3.63) is 114 Å². The Labute approximate surface area is 190 Å². The first-order valence-corrected chi connectivity index (χ1v) is 11.7. The van der Waals surface area contributed by atoms with Crippen molar-refractivity contribution in [2.45, 2.75) is 17.2 Å². The molecule has 0 aliphatic carbocycles. The van der Waals surface area contributed by atoms with Crippen LogP contribution in [0.3, 0.4) is 0 Å². The molecule has 33 heavy (non-hydrogen) atoms. The fourth-order valence-corrected chi connectivity index (χ4v) is 4.33. The standard InChI is InChI=1S/C25H20FNO5S/c26-19-8-12-21(13-9-19)31-20-10-6-18(7-11-20)16-27-25(28)24-15-14-22(32-24)17-33(29,30)23-4-2-1-3-5-23/h1-15H,16-17H2,(H,27,28). The van der Waals surface area contributed by atoms with Gasteiger partial charge in [0, 0.05) is 6.54 Å². The Balaban J connectivity index is 1.32. The normalized spacial score (nSPS) is 11.2. The summed E-state index contributed by atoms with van der Waals surface area (Å²) in [5.41, 5.74) is 0.827. The lowest BCUT2D eigenvalue weighted by Crippen LogP contribution is -2.22. The molecule has 0 spiro atoms. The van der Waals surface area contributed by atoms with Crippen LogP contribution in [0, 0.1) is 5.82 Å². The lowest BCUT2D eigenvalue weighted by Gasteiger charge is -2.07. The van der Waals surface area contributed by atoms with E-state index in [4.69, 9.17) is 9.15 Å². The topological polar surface area (TPSA) is 85.6 Å². The average Bonchev–Trinajstić information content (AvgIpc) is 3.28. The van der Waals surface area contributed by atoms with Gasteiger partial charge in [0.05, 0.1) is 4.90 Å². The van der Waals surface area contributed by atoms with E-state index in [0.717, 1.165) is 5.56 Å². The molecule has 0 saturated heterocycles. The van der Waals surface area contributed by atoms with Gasteiger partial charge in [-0.1, -0.05) is 30.3 Å². The van der Waals surface area contributed by atoms with Crippen molar-refractivity contribution in [3.63, 3.8) is 0 Å². The number of rotatable bonds is 8. The molecule has 8 heteroatoms. The smallest absolute Gasteiger partial charge is 0.287 e. The van der Waals surface area contributed by atoms with E-state index in [-0.39, 0.29) is 34.5 Å². The number of ether oxygens (including phenoxy) is 1. The Morgan fingerprint density at radius 3 is 2.15 bits per heavy atom. The Kier molecular flexibility index (Phi) is 6.55. The van der Waals surface area contributed by atoms with Crippen molar-refractivity contribution in [3.8, 4) is 11.5 Å². The van der Waals surface area contributed by atoms with E-state index in [0.29, 0.717) is 11.5 Å². The highest BCUT2D eigenvalue weighted by Gasteiger charge is 2.19. The number of hydrogen-bond donors (Lipinski definition) is 1. The fraction of sp³-hybridized carbons (Fsp3) is 0.0800. The third-order valence-corrected chi connectivity index (χ3v) is 6.40. The summed E-state index contributed by atoms with van der Waals surface area (Å²) in [7, 11) is -3.57. The zero-order valence-corrected chi connectivity index (χ0v) is 18.2. The van der Waals surface area contributed by atoms with Crippen LogP contribution in [-0.4, -0.2) is 14.3 Å². The highest BCUT2D eigenvalue weighted by molar-refractivity contribution is 7.90. The van der Waals surface area contributed by atoms with Crippen LogP contribution in [0.2, 0.25) is 0 Å². The molecule has 4 aromatic rings. The average molecular weight is 466 g/mol. The number of carbonyl (C=O) groups is 1. The van der Waals surface area contributed by atoms with Crippen molar-refractivity contribution < 1.29 is 26.8 Å². The van der Waals surface area contributed by atoms with Crippen LogP contribution in [0.25, 0.3) is 0 Å². The van der Waals surface area contributed by atoms with Crippen LogP contribution < -0.4 is 10.1 Å². The summed E-state index contributed by atoms with van der Waals surface area (Å²) >= 11 is 0. The maximum Gasteiger partial charge on any atom is 0.287 e. The largest absolute Gasteiger partial charge is 0.457 e. The zero-order chi connectivity index (χ0) is 23.3. The van der Waals surface area contributed by atoms with Gasteiger partial charge in [0.2, 0.25) is 0 Å². The zero-order valence-electron chi connectivity index (χ0n) is 17.4. The van der Waals surface area contributed by atoms with Crippen LogP contribution in [0.1, 0.15) is 21.9 Å². The SMILES string of the molecule is O=C(NCc1ccc(Oc2ccc(F)cc2)cc1)c1ccc(CS(=O)(=O)c2ccccc2)o1. The van der Waals surface area contributed by atoms with Crippen LogP contribution in [0.15, 0.2) is 100 Å². The molecule has 1 N–H and O–H groups in total. The Hall–Kier alpha value is -3.91. The fourth-order valence-electron chi connectivity index (χ4n) is 3.06. The predicted molar refractivity (Wildman–Crippen MR) is 120 cm³/mol. The summed E-state index contributed by atoms with van der Waals surface area (Å²) in [6, 6.07) is 23.8. The predicted octanol–water partition coefficient (Wildman–Crippen LogP) is 5.11.